The summed E-state index contributed by atoms with van der Waals surface area (Å²) in [5, 5.41) is 5.21. The standard InChI is InChI=1S/C15H23N3O2/c1-4-18(5-2)10-9-16-14(19)15(20)17-13-8-6-7-12(3)11-13/h6-8,11H,4-5,9-10H2,1-3H3,(H,16,19)(H,17,20). The van der Waals surface area contributed by atoms with Gasteiger partial charge in [0.1, 0.15) is 0 Å². The van der Waals surface area contributed by atoms with E-state index in [-0.39, 0.29) is 0 Å². The van der Waals surface area contributed by atoms with Gasteiger partial charge in [-0.25, -0.2) is 0 Å². The monoisotopic (exact) mass is 277 g/mol. The number of nitrogens with one attached hydrogen (secondary N) is 2. The molecule has 0 radical (unpaired) electrons. The van der Waals surface area contributed by atoms with Crippen molar-refractivity contribution >= 4 is 17.5 Å². The minimum Gasteiger partial charge on any atom is -0.347 e. The molecule has 0 aliphatic rings. The van der Waals surface area contributed by atoms with Gasteiger partial charge in [0.15, 0.2) is 0 Å². The van der Waals surface area contributed by atoms with Gasteiger partial charge in [-0.1, -0.05) is 26.0 Å². The highest BCUT2D eigenvalue weighted by molar-refractivity contribution is 6.39. The minimum absolute atomic E-state index is 0.474. The number of likely N-dealkylation sites (N-methyl/N-ethyl adjacent to an activating group) is 1. The fraction of sp³-hybridized carbons (Fsp3) is 0.467. The molecule has 2 amide bonds. The summed E-state index contributed by atoms with van der Waals surface area (Å²) in [5.74, 6) is -1.23. The molecular formula is C15H23N3O2. The Morgan fingerprint density at radius 3 is 2.45 bits per heavy atom. The van der Waals surface area contributed by atoms with Crippen molar-refractivity contribution in [2.24, 2.45) is 0 Å². The van der Waals surface area contributed by atoms with E-state index < -0.39 is 11.8 Å². The van der Waals surface area contributed by atoms with Crippen molar-refractivity contribution in [3.63, 3.8) is 0 Å². The van der Waals surface area contributed by atoms with Gasteiger partial charge in [0, 0.05) is 18.8 Å². The normalized spacial score (nSPS) is 10.4. The zero-order valence-corrected chi connectivity index (χ0v) is 12.4. The molecule has 0 bridgehead atoms. The van der Waals surface area contributed by atoms with Gasteiger partial charge in [-0.15, -0.1) is 0 Å². The van der Waals surface area contributed by atoms with E-state index in [0.717, 1.165) is 25.2 Å². The maximum Gasteiger partial charge on any atom is 0.313 e. The third-order valence-corrected chi connectivity index (χ3v) is 3.09. The summed E-state index contributed by atoms with van der Waals surface area (Å²) in [6, 6.07) is 7.35. The van der Waals surface area contributed by atoms with Crippen LogP contribution >= 0.6 is 0 Å². The van der Waals surface area contributed by atoms with Gasteiger partial charge in [0.05, 0.1) is 0 Å². The molecule has 0 aliphatic heterocycles. The van der Waals surface area contributed by atoms with Crippen molar-refractivity contribution in [1.29, 1.82) is 0 Å². The molecular weight excluding hydrogens is 254 g/mol. The molecule has 0 saturated carbocycles. The molecule has 1 aromatic rings. The third-order valence-electron chi connectivity index (χ3n) is 3.09. The van der Waals surface area contributed by atoms with Crippen LogP contribution in [0.2, 0.25) is 0 Å². The van der Waals surface area contributed by atoms with Gasteiger partial charge in [-0.2, -0.15) is 0 Å². The smallest absolute Gasteiger partial charge is 0.313 e. The second kappa shape index (κ2) is 8.32. The zero-order valence-electron chi connectivity index (χ0n) is 12.4. The molecule has 0 fully saturated rings. The van der Waals surface area contributed by atoms with E-state index in [4.69, 9.17) is 0 Å². The molecule has 0 spiro atoms. The van der Waals surface area contributed by atoms with Crippen LogP contribution < -0.4 is 10.6 Å². The number of nitrogens with zero attached hydrogens (tertiary/aromatic N) is 1. The average Bonchev–Trinajstić information content (AvgIpc) is 2.43. The minimum atomic E-state index is -0.629. The van der Waals surface area contributed by atoms with E-state index >= 15 is 0 Å². The largest absolute Gasteiger partial charge is 0.347 e. The van der Waals surface area contributed by atoms with Gasteiger partial charge in [-0.05, 0) is 37.7 Å². The lowest BCUT2D eigenvalue weighted by atomic mass is 10.2. The molecule has 110 valence electrons. The Hall–Kier alpha value is -1.88. The fourth-order valence-electron chi connectivity index (χ4n) is 1.86. The maximum atomic E-state index is 11.7. The number of hydrogen-bond acceptors (Lipinski definition) is 3. The van der Waals surface area contributed by atoms with Gasteiger partial charge >= 0.3 is 11.8 Å². The van der Waals surface area contributed by atoms with Gasteiger partial charge < -0.3 is 15.5 Å². The number of carbonyl (C=O) groups is 2. The molecule has 20 heavy (non-hydrogen) atoms. The molecule has 1 aromatic carbocycles. The number of amides is 2. The predicted octanol–water partition coefficient (Wildman–Crippen LogP) is 1.39. The maximum absolute atomic E-state index is 11.7. The number of anilines is 1. The van der Waals surface area contributed by atoms with E-state index in [0.29, 0.717) is 12.2 Å². The van der Waals surface area contributed by atoms with Crippen LogP contribution in [0, 0.1) is 6.92 Å². The molecule has 0 heterocycles. The fourth-order valence-corrected chi connectivity index (χ4v) is 1.86. The molecule has 0 saturated heterocycles. The highest BCUT2D eigenvalue weighted by Crippen LogP contribution is 2.08. The molecule has 1 rings (SSSR count). The summed E-state index contributed by atoms with van der Waals surface area (Å²) in [5.41, 5.74) is 1.67. The summed E-state index contributed by atoms with van der Waals surface area (Å²) in [6.07, 6.45) is 0. The topological polar surface area (TPSA) is 61.4 Å². The Labute approximate surface area is 120 Å². The first-order chi connectivity index (χ1) is 9.56. The number of benzene rings is 1. The van der Waals surface area contributed by atoms with Crippen molar-refractivity contribution in [3.8, 4) is 0 Å². The molecule has 0 aromatic heterocycles. The van der Waals surface area contributed by atoms with Crippen molar-refractivity contribution in [2.45, 2.75) is 20.8 Å². The quantitative estimate of drug-likeness (QED) is 0.773. The van der Waals surface area contributed by atoms with Gasteiger partial charge in [0.2, 0.25) is 0 Å². The average molecular weight is 277 g/mol. The van der Waals surface area contributed by atoms with Crippen LogP contribution in [0.15, 0.2) is 24.3 Å². The highest BCUT2D eigenvalue weighted by Gasteiger charge is 2.13. The van der Waals surface area contributed by atoms with Crippen molar-refractivity contribution in [1.82, 2.24) is 10.2 Å². The van der Waals surface area contributed by atoms with Crippen LogP contribution in [0.1, 0.15) is 19.4 Å². The molecule has 0 unspecified atom stereocenters. The molecule has 0 atom stereocenters. The number of hydrogen-bond donors (Lipinski definition) is 2. The van der Waals surface area contributed by atoms with Crippen LogP contribution in [0.5, 0.6) is 0 Å². The van der Waals surface area contributed by atoms with E-state index in [1.54, 1.807) is 6.07 Å². The van der Waals surface area contributed by atoms with Crippen molar-refractivity contribution < 1.29 is 9.59 Å². The van der Waals surface area contributed by atoms with Crippen LogP contribution in [0.4, 0.5) is 5.69 Å². The van der Waals surface area contributed by atoms with Crippen LogP contribution in [0.3, 0.4) is 0 Å². The number of rotatable bonds is 6. The van der Waals surface area contributed by atoms with Crippen molar-refractivity contribution in [2.75, 3.05) is 31.5 Å². The highest BCUT2D eigenvalue weighted by atomic mass is 16.2. The van der Waals surface area contributed by atoms with Gasteiger partial charge in [-0.3, -0.25) is 9.59 Å². The summed E-state index contributed by atoms with van der Waals surface area (Å²) in [4.78, 5) is 25.5. The van der Waals surface area contributed by atoms with E-state index in [9.17, 15) is 9.59 Å². The lowest BCUT2D eigenvalue weighted by Crippen LogP contribution is -2.40. The first-order valence-corrected chi connectivity index (χ1v) is 6.95. The molecule has 5 heteroatoms. The summed E-state index contributed by atoms with van der Waals surface area (Å²) < 4.78 is 0. The Morgan fingerprint density at radius 1 is 1.15 bits per heavy atom. The Balaban J connectivity index is 2.38. The number of aryl methyl sites for hydroxylation is 1. The second-order valence-corrected chi connectivity index (χ2v) is 4.61. The molecule has 5 nitrogen and oxygen atoms in total. The molecule has 2 N–H and O–H groups in total. The van der Waals surface area contributed by atoms with E-state index in [1.807, 2.05) is 25.1 Å². The zero-order chi connectivity index (χ0) is 15.0. The Bertz CT molecular complexity index is 456. The third kappa shape index (κ3) is 5.40. The van der Waals surface area contributed by atoms with Gasteiger partial charge in [0.25, 0.3) is 0 Å². The summed E-state index contributed by atoms with van der Waals surface area (Å²) >= 11 is 0. The first kappa shape index (κ1) is 16.2. The van der Waals surface area contributed by atoms with Crippen LogP contribution in [-0.4, -0.2) is 42.9 Å². The Morgan fingerprint density at radius 2 is 1.85 bits per heavy atom. The SMILES string of the molecule is CCN(CC)CCNC(=O)C(=O)Nc1cccc(C)c1. The number of carbonyl (C=O) groups excluding carboxylic acids is 2. The second-order valence-electron chi connectivity index (χ2n) is 4.61. The lowest BCUT2D eigenvalue weighted by Gasteiger charge is -2.17. The van der Waals surface area contributed by atoms with Crippen molar-refractivity contribution in [3.05, 3.63) is 29.8 Å². The first-order valence-electron chi connectivity index (χ1n) is 6.95. The molecule has 0 aliphatic carbocycles. The van der Waals surface area contributed by atoms with Crippen LogP contribution in [0.25, 0.3) is 0 Å². The summed E-state index contributed by atoms with van der Waals surface area (Å²) in [7, 11) is 0. The summed E-state index contributed by atoms with van der Waals surface area (Å²) in [6.45, 7) is 9.15. The predicted molar refractivity (Wildman–Crippen MR) is 80.6 cm³/mol. The Kier molecular flexibility index (Phi) is 6.73. The van der Waals surface area contributed by atoms with Crippen LogP contribution in [-0.2, 0) is 9.59 Å². The lowest BCUT2D eigenvalue weighted by molar-refractivity contribution is -0.136. The van der Waals surface area contributed by atoms with E-state index in [1.165, 1.54) is 0 Å². The van der Waals surface area contributed by atoms with E-state index in [2.05, 4.69) is 29.4 Å².